The highest BCUT2D eigenvalue weighted by atomic mass is 19.1. The minimum Gasteiger partial charge on any atom is -0.399 e. The van der Waals surface area contributed by atoms with Crippen molar-refractivity contribution in [1.29, 1.82) is 0 Å². The molecule has 4 rings (SSSR count). The van der Waals surface area contributed by atoms with Gasteiger partial charge in [0.15, 0.2) is 5.79 Å². The summed E-state index contributed by atoms with van der Waals surface area (Å²) in [7, 11) is 0. The number of hydrogen-bond acceptors (Lipinski definition) is 4. The predicted molar refractivity (Wildman–Crippen MR) is 75.2 cm³/mol. The zero-order valence-electron chi connectivity index (χ0n) is 11.9. The van der Waals surface area contributed by atoms with Gasteiger partial charge in [-0.2, -0.15) is 0 Å². The maximum absolute atomic E-state index is 14.2. The van der Waals surface area contributed by atoms with E-state index in [1.165, 1.54) is 6.07 Å². The van der Waals surface area contributed by atoms with Crippen molar-refractivity contribution < 1.29 is 18.6 Å². The van der Waals surface area contributed by atoms with Crippen LogP contribution in [0.2, 0.25) is 0 Å². The van der Waals surface area contributed by atoms with Crippen LogP contribution in [0.1, 0.15) is 24.3 Å². The van der Waals surface area contributed by atoms with Crippen LogP contribution in [0.5, 0.6) is 0 Å². The van der Waals surface area contributed by atoms with Crippen molar-refractivity contribution >= 4 is 5.69 Å². The number of benzene rings is 1. The Morgan fingerprint density at radius 3 is 2.38 bits per heavy atom. The Morgan fingerprint density at radius 1 is 1.10 bits per heavy atom. The summed E-state index contributed by atoms with van der Waals surface area (Å²) in [6, 6.07) is 5.01. The first kappa shape index (κ1) is 13.5. The molecule has 114 valence electrons. The third-order valence-electron chi connectivity index (χ3n) is 5.12. The lowest BCUT2D eigenvalue weighted by Crippen LogP contribution is -2.57. The van der Waals surface area contributed by atoms with Crippen molar-refractivity contribution in [3.63, 3.8) is 0 Å². The minimum absolute atomic E-state index is 0.175. The third-order valence-corrected chi connectivity index (χ3v) is 5.12. The van der Waals surface area contributed by atoms with Gasteiger partial charge in [-0.15, -0.1) is 0 Å². The molecule has 0 radical (unpaired) electrons. The topological polar surface area (TPSA) is 53.7 Å². The Kier molecular flexibility index (Phi) is 3.17. The molecule has 2 unspecified atom stereocenters. The largest absolute Gasteiger partial charge is 0.399 e. The van der Waals surface area contributed by atoms with Gasteiger partial charge in [0.05, 0.1) is 26.4 Å². The molecule has 1 aliphatic carbocycles. The first-order valence-corrected chi connectivity index (χ1v) is 7.59. The minimum atomic E-state index is -0.487. The molecular formula is C16H20FNO3. The number of halogens is 1. The number of nitrogens with two attached hydrogens (primary N) is 1. The summed E-state index contributed by atoms with van der Waals surface area (Å²) in [6.07, 6.45) is 1.66. The second-order valence-electron chi connectivity index (χ2n) is 6.30. The van der Waals surface area contributed by atoms with E-state index in [-0.39, 0.29) is 23.6 Å². The van der Waals surface area contributed by atoms with Crippen molar-refractivity contribution in [1.82, 2.24) is 0 Å². The van der Waals surface area contributed by atoms with Crippen molar-refractivity contribution in [2.45, 2.75) is 24.5 Å². The lowest BCUT2D eigenvalue weighted by Gasteiger charge is -2.51. The Hall–Kier alpha value is -1.17. The standard InChI is InChI=1S/C16H20FNO3/c17-15-7-13(18)1-2-14(15)10-5-11-8-19-9-12(6-10)16(11)20-3-4-21-16/h1-2,7,10-12H,3-6,8-9,18H2. The lowest BCUT2D eigenvalue weighted by molar-refractivity contribution is -0.290. The van der Waals surface area contributed by atoms with E-state index in [0.29, 0.717) is 32.1 Å². The van der Waals surface area contributed by atoms with Gasteiger partial charge in [-0.3, -0.25) is 0 Å². The maximum Gasteiger partial charge on any atom is 0.178 e. The molecule has 1 aromatic rings. The van der Waals surface area contributed by atoms with Gasteiger partial charge in [-0.1, -0.05) is 6.07 Å². The fourth-order valence-corrected chi connectivity index (χ4v) is 4.21. The second kappa shape index (κ2) is 4.93. The number of hydrogen-bond donors (Lipinski definition) is 1. The van der Waals surface area contributed by atoms with Crippen LogP contribution < -0.4 is 5.73 Å². The van der Waals surface area contributed by atoms with E-state index in [4.69, 9.17) is 19.9 Å². The third kappa shape index (κ3) is 2.06. The van der Waals surface area contributed by atoms with Crippen LogP contribution in [0.25, 0.3) is 0 Å². The number of anilines is 1. The molecule has 3 fully saturated rings. The quantitative estimate of drug-likeness (QED) is 0.807. The molecule has 21 heavy (non-hydrogen) atoms. The summed E-state index contributed by atoms with van der Waals surface area (Å²) in [5, 5.41) is 0. The summed E-state index contributed by atoms with van der Waals surface area (Å²) in [5.74, 6) is -0.158. The first-order valence-electron chi connectivity index (χ1n) is 7.59. The van der Waals surface area contributed by atoms with E-state index >= 15 is 0 Å². The first-order chi connectivity index (χ1) is 10.2. The Balaban J connectivity index is 1.63. The highest BCUT2D eigenvalue weighted by molar-refractivity contribution is 5.41. The van der Waals surface area contributed by atoms with Crippen molar-refractivity contribution in [3.8, 4) is 0 Å². The molecule has 2 aliphatic heterocycles. The van der Waals surface area contributed by atoms with Gasteiger partial charge < -0.3 is 19.9 Å². The van der Waals surface area contributed by atoms with E-state index in [1.807, 2.05) is 6.07 Å². The van der Waals surface area contributed by atoms with Crippen LogP contribution in [0.15, 0.2) is 18.2 Å². The Bertz CT molecular complexity index is 528. The second-order valence-corrected chi connectivity index (χ2v) is 6.30. The lowest BCUT2D eigenvalue weighted by atomic mass is 9.67. The summed E-state index contributed by atoms with van der Waals surface area (Å²) in [6.45, 7) is 2.55. The van der Waals surface area contributed by atoms with E-state index in [2.05, 4.69) is 0 Å². The van der Waals surface area contributed by atoms with E-state index < -0.39 is 5.79 Å². The zero-order valence-corrected chi connectivity index (χ0v) is 11.9. The molecular weight excluding hydrogens is 273 g/mol. The highest BCUT2D eigenvalue weighted by Crippen LogP contribution is 2.52. The van der Waals surface area contributed by atoms with Gasteiger partial charge >= 0.3 is 0 Å². The smallest absolute Gasteiger partial charge is 0.178 e. The fourth-order valence-electron chi connectivity index (χ4n) is 4.21. The van der Waals surface area contributed by atoms with Crippen molar-refractivity contribution in [2.24, 2.45) is 11.8 Å². The van der Waals surface area contributed by atoms with Crippen LogP contribution in [-0.2, 0) is 14.2 Å². The van der Waals surface area contributed by atoms with E-state index in [9.17, 15) is 4.39 Å². The summed E-state index contributed by atoms with van der Waals surface area (Å²) in [5.41, 5.74) is 6.87. The van der Waals surface area contributed by atoms with Crippen molar-refractivity contribution in [3.05, 3.63) is 29.6 Å². The van der Waals surface area contributed by atoms with Gasteiger partial charge in [0.1, 0.15) is 5.82 Å². The van der Waals surface area contributed by atoms with Crippen LogP contribution >= 0.6 is 0 Å². The van der Waals surface area contributed by atoms with Crippen molar-refractivity contribution in [2.75, 3.05) is 32.2 Å². The van der Waals surface area contributed by atoms with Gasteiger partial charge in [-0.05, 0) is 36.5 Å². The van der Waals surface area contributed by atoms with Crippen LogP contribution in [-0.4, -0.2) is 32.2 Å². The monoisotopic (exact) mass is 293 g/mol. The molecule has 2 N–H and O–H groups in total. The predicted octanol–water partition coefficient (Wildman–Crippen LogP) is 2.29. The average molecular weight is 293 g/mol. The van der Waals surface area contributed by atoms with Gasteiger partial charge in [-0.25, -0.2) is 4.39 Å². The molecule has 2 bridgehead atoms. The van der Waals surface area contributed by atoms with E-state index in [1.54, 1.807) is 6.07 Å². The normalized spacial score (nSPS) is 34.2. The summed E-state index contributed by atoms with van der Waals surface area (Å²) >= 11 is 0. The SMILES string of the molecule is Nc1ccc(C2CC3COCC(C2)C32OCCO2)c(F)c1. The van der Waals surface area contributed by atoms with Gasteiger partial charge in [0.2, 0.25) is 0 Å². The molecule has 2 atom stereocenters. The van der Waals surface area contributed by atoms with Gasteiger partial charge in [0, 0.05) is 17.5 Å². The molecule has 3 aliphatic rings. The summed E-state index contributed by atoms with van der Waals surface area (Å²) < 4.78 is 31.8. The summed E-state index contributed by atoms with van der Waals surface area (Å²) in [4.78, 5) is 0. The molecule has 1 saturated carbocycles. The van der Waals surface area contributed by atoms with E-state index in [0.717, 1.165) is 18.4 Å². The molecule has 2 heterocycles. The average Bonchev–Trinajstić information content (AvgIpc) is 2.89. The molecule has 2 saturated heterocycles. The molecule has 0 amide bonds. The maximum atomic E-state index is 14.2. The highest BCUT2D eigenvalue weighted by Gasteiger charge is 2.57. The Labute approximate surface area is 123 Å². The van der Waals surface area contributed by atoms with Crippen LogP contribution in [0.4, 0.5) is 10.1 Å². The Morgan fingerprint density at radius 2 is 1.76 bits per heavy atom. The molecule has 4 nitrogen and oxygen atoms in total. The number of ether oxygens (including phenoxy) is 3. The molecule has 1 spiro atoms. The van der Waals surface area contributed by atoms with Crippen LogP contribution in [0, 0.1) is 17.7 Å². The van der Waals surface area contributed by atoms with Gasteiger partial charge in [0.25, 0.3) is 0 Å². The number of nitrogen functional groups attached to an aromatic ring is 1. The van der Waals surface area contributed by atoms with Crippen LogP contribution in [0.3, 0.4) is 0 Å². The molecule has 1 aromatic carbocycles. The zero-order chi connectivity index (χ0) is 14.4. The fraction of sp³-hybridized carbons (Fsp3) is 0.625. The molecule has 5 heteroatoms. The number of rotatable bonds is 1. The molecule has 0 aromatic heterocycles.